The average molecular weight is 290 g/mol. The van der Waals surface area contributed by atoms with Gasteiger partial charge in [0.05, 0.1) is 0 Å². The average Bonchev–Trinajstić information content (AvgIpc) is 2.38. The zero-order valence-electron chi connectivity index (χ0n) is 9.86. The summed E-state index contributed by atoms with van der Waals surface area (Å²) >= 11 is 3.56. The molecule has 1 atom stereocenters. The SMILES string of the molecule is C[C@H](NCc1ccccc1Br)c1ccccc1. The third kappa shape index (κ3) is 3.42. The molecule has 0 amide bonds. The van der Waals surface area contributed by atoms with Gasteiger partial charge in [-0.1, -0.05) is 64.5 Å². The number of benzene rings is 2. The molecule has 0 heterocycles. The largest absolute Gasteiger partial charge is 0.306 e. The molecule has 2 rings (SSSR count). The van der Waals surface area contributed by atoms with Gasteiger partial charge in [0.1, 0.15) is 0 Å². The van der Waals surface area contributed by atoms with Gasteiger partial charge in [0.25, 0.3) is 0 Å². The first kappa shape index (κ1) is 12.3. The molecule has 0 spiro atoms. The van der Waals surface area contributed by atoms with Gasteiger partial charge >= 0.3 is 0 Å². The second-order valence-electron chi connectivity index (χ2n) is 4.10. The van der Waals surface area contributed by atoms with Gasteiger partial charge in [-0.25, -0.2) is 0 Å². The molecule has 0 aromatic heterocycles. The highest BCUT2D eigenvalue weighted by molar-refractivity contribution is 9.10. The Bertz CT molecular complexity index is 467. The molecule has 1 nitrogen and oxygen atoms in total. The highest BCUT2D eigenvalue weighted by atomic mass is 79.9. The van der Waals surface area contributed by atoms with Gasteiger partial charge in [0.15, 0.2) is 0 Å². The number of hydrogen-bond donors (Lipinski definition) is 1. The van der Waals surface area contributed by atoms with E-state index in [4.69, 9.17) is 0 Å². The van der Waals surface area contributed by atoms with Crippen molar-refractivity contribution in [3.8, 4) is 0 Å². The molecule has 2 heteroatoms. The van der Waals surface area contributed by atoms with Crippen molar-refractivity contribution in [2.75, 3.05) is 0 Å². The van der Waals surface area contributed by atoms with Gasteiger partial charge in [-0.2, -0.15) is 0 Å². The van der Waals surface area contributed by atoms with E-state index < -0.39 is 0 Å². The van der Waals surface area contributed by atoms with Crippen LogP contribution in [0.25, 0.3) is 0 Å². The molecule has 17 heavy (non-hydrogen) atoms. The molecule has 0 fully saturated rings. The normalized spacial score (nSPS) is 12.4. The van der Waals surface area contributed by atoms with E-state index >= 15 is 0 Å². The monoisotopic (exact) mass is 289 g/mol. The first-order valence-corrected chi connectivity index (χ1v) is 6.58. The Labute approximate surface area is 111 Å². The summed E-state index contributed by atoms with van der Waals surface area (Å²) < 4.78 is 1.16. The van der Waals surface area contributed by atoms with Crippen molar-refractivity contribution in [2.45, 2.75) is 19.5 Å². The highest BCUT2D eigenvalue weighted by Crippen LogP contribution is 2.17. The number of hydrogen-bond acceptors (Lipinski definition) is 1. The van der Waals surface area contributed by atoms with Crippen LogP contribution in [0.4, 0.5) is 0 Å². The molecule has 0 aliphatic carbocycles. The molecule has 0 aliphatic heterocycles. The Balaban J connectivity index is 1.97. The molecule has 0 bridgehead atoms. The van der Waals surface area contributed by atoms with Gasteiger partial charge in [-0.3, -0.25) is 0 Å². The summed E-state index contributed by atoms with van der Waals surface area (Å²) in [4.78, 5) is 0. The summed E-state index contributed by atoms with van der Waals surface area (Å²) in [5, 5.41) is 3.53. The van der Waals surface area contributed by atoms with E-state index in [0.717, 1.165) is 11.0 Å². The van der Waals surface area contributed by atoms with Crippen LogP contribution in [-0.4, -0.2) is 0 Å². The van der Waals surface area contributed by atoms with Gasteiger partial charge in [-0.05, 0) is 24.1 Å². The van der Waals surface area contributed by atoms with Crippen LogP contribution >= 0.6 is 15.9 Å². The van der Waals surface area contributed by atoms with Crippen molar-refractivity contribution in [3.63, 3.8) is 0 Å². The molecular formula is C15H16BrN. The summed E-state index contributed by atoms with van der Waals surface area (Å²) in [5.41, 5.74) is 2.61. The van der Waals surface area contributed by atoms with Crippen LogP contribution in [0.2, 0.25) is 0 Å². The zero-order chi connectivity index (χ0) is 12.1. The fourth-order valence-corrected chi connectivity index (χ4v) is 2.19. The van der Waals surface area contributed by atoms with Crippen LogP contribution in [0.1, 0.15) is 24.1 Å². The molecule has 0 radical (unpaired) electrons. The smallest absolute Gasteiger partial charge is 0.0294 e. The van der Waals surface area contributed by atoms with Crippen LogP contribution < -0.4 is 5.32 Å². The van der Waals surface area contributed by atoms with Crippen LogP contribution in [0.5, 0.6) is 0 Å². The molecule has 88 valence electrons. The lowest BCUT2D eigenvalue weighted by molar-refractivity contribution is 0.574. The van der Waals surface area contributed by atoms with E-state index in [2.05, 4.69) is 70.6 Å². The van der Waals surface area contributed by atoms with E-state index in [1.165, 1.54) is 11.1 Å². The maximum atomic E-state index is 3.56. The fraction of sp³-hybridized carbons (Fsp3) is 0.200. The van der Waals surface area contributed by atoms with Crippen LogP contribution in [-0.2, 0) is 6.54 Å². The number of rotatable bonds is 4. The lowest BCUT2D eigenvalue weighted by Gasteiger charge is -2.14. The van der Waals surface area contributed by atoms with E-state index in [1.54, 1.807) is 0 Å². The Kier molecular flexibility index (Phi) is 4.35. The van der Waals surface area contributed by atoms with E-state index in [9.17, 15) is 0 Å². The Morgan fingerprint density at radius 2 is 1.65 bits per heavy atom. The quantitative estimate of drug-likeness (QED) is 0.885. The second kappa shape index (κ2) is 5.99. The first-order valence-electron chi connectivity index (χ1n) is 5.79. The lowest BCUT2D eigenvalue weighted by atomic mass is 10.1. The summed E-state index contributed by atoms with van der Waals surface area (Å²) in [6.07, 6.45) is 0. The lowest BCUT2D eigenvalue weighted by Crippen LogP contribution is -2.18. The first-order chi connectivity index (χ1) is 8.27. The standard InChI is InChI=1S/C15H16BrN/c1-12(13-7-3-2-4-8-13)17-11-14-9-5-6-10-15(14)16/h2-10,12,17H,11H2,1H3/t12-/m0/s1. The Morgan fingerprint density at radius 1 is 1.00 bits per heavy atom. The van der Waals surface area contributed by atoms with E-state index in [0.29, 0.717) is 6.04 Å². The molecular weight excluding hydrogens is 274 g/mol. The predicted molar refractivity (Wildman–Crippen MR) is 75.8 cm³/mol. The van der Waals surface area contributed by atoms with E-state index in [1.807, 2.05) is 12.1 Å². The molecule has 0 saturated carbocycles. The maximum Gasteiger partial charge on any atom is 0.0294 e. The number of nitrogens with one attached hydrogen (secondary N) is 1. The van der Waals surface area contributed by atoms with Crippen LogP contribution in [0, 0.1) is 0 Å². The minimum atomic E-state index is 0.364. The topological polar surface area (TPSA) is 12.0 Å². The summed E-state index contributed by atoms with van der Waals surface area (Å²) in [5.74, 6) is 0. The molecule has 2 aromatic carbocycles. The predicted octanol–water partition coefficient (Wildman–Crippen LogP) is 4.30. The van der Waals surface area contributed by atoms with E-state index in [-0.39, 0.29) is 0 Å². The van der Waals surface area contributed by atoms with Gasteiger partial charge in [0.2, 0.25) is 0 Å². The minimum Gasteiger partial charge on any atom is -0.306 e. The minimum absolute atomic E-state index is 0.364. The number of halogens is 1. The van der Waals surface area contributed by atoms with Crippen molar-refractivity contribution < 1.29 is 0 Å². The Hall–Kier alpha value is -1.12. The van der Waals surface area contributed by atoms with Gasteiger partial charge in [0, 0.05) is 17.1 Å². The third-order valence-corrected chi connectivity index (χ3v) is 3.63. The molecule has 1 N–H and O–H groups in total. The summed E-state index contributed by atoms with van der Waals surface area (Å²) in [6.45, 7) is 3.06. The van der Waals surface area contributed by atoms with Gasteiger partial charge < -0.3 is 5.32 Å². The Morgan fingerprint density at radius 3 is 2.35 bits per heavy atom. The maximum absolute atomic E-state index is 3.56. The molecule has 0 unspecified atom stereocenters. The van der Waals surface area contributed by atoms with Crippen molar-refractivity contribution >= 4 is 15.9 Å². The van der Waals surface area contributed by atoms with Crippen molar-refractivity contribution in [2.24, 2.45) is 0 Å². The summed E-state index contributed by atoms with van der Waals surface area (Å²) in [7, 11) is 0. The zero-order valence-corrected chi connectivity index (χ0v) is 11.4. The van der Waals surface area contributed by atoms with Crippen LogP contribution in [0.3, 0.4) is 0 Å². The van der Waals surface area contributed by atoms with Crippen molar-refractivity contribution in [1.82, 2.24) is 5.32 Å². The molecule has 2 aromatic rings. The third-order valence-electron chi connectivity index (χ3n) is 2.86. The molecule has 0 saturated heterocycles. The van der Waals surface area contributed by atoms with Gasteiger partial charge in [-0.15, -0.1) is 0 Å². The summed E-state index contributed by atoms with van der Waals surface area (Å²) in [6, 6.07) is 19.2. The van der Waals surface area contributed by atoms with Crippen molar-refractivity contribution in [3.05, 3.63) is 70.2 Å². The van der Waals surface area contributed by atoms with Crippen molar-refractivity contribution in [1.29, 1.82) is 0 Å². The highest BCUT2D eigenvalue weighted by Gasteiger charge is 2.04. The van der Waals surface area contributed by atoms with Crippen LogP contribution in [0.15, 0.2) is 59.1 Å². The second-order valence-corrected chi connectivity index (χ2v) is 4.96. The molecule has 0 aliphatic rings. The fourth-order valence-electron chi connectivity index (χ4n) is 1.76.